The molecule has 400 valence electrons. The Morgan fingerprint density at radius 2 is 1.25 bits per heavy atom. The van der Waals surface area contributed by atoms with E-state index < -0.39 is 48.0 Å². The molecule has 16 atom stereocenters. The standard InChI is InChI=1S/C26H44O3Si.C26H42O2Si.C7H4N2O2Se.CH4/c1-14-11-18-21(27)15(2)13-26(18)16(3)12-17-20(25(17,7)8)19(23(26)28)22(14)29-30(9,10)24(4,5)6;1-15-11-18-12-16(2)22(28-29(9,10)24(4,5)6)20-21-19(25(21,7)8)13-17(3)26(18,14-15)23(20)27;8-5-12-7-4-2-1-3-6(7)9(10)11;/h13-14,16-22,27H,11-12H2,1-10H3;11,14,16-17,19-22H,12-13H2,1-10H3;1-4H;1H4/t14-,16-,17-,18-,19-,20-,21-,22-,26-;16-,17-,19-,20-,21-,22-,26-;;/m11../s1. The van der Waals surface area contributed by atoms with E-state index in [-0.39, 0.29) is 81.2 Å². The third-order valence-electron chi connectivity index (χ3n) is 21.3. The van der Waals surface area contributed by atoms with Crippen molar-refractivity contribution in [3.05, 3.63) is 69.3 Å². The fraction of sp³-hybridized carbons (Fsp3) is 0.750. The first kappa shape index (κ1) is 58.8. The van der Waals surface area contributed by atoms with E-state index in [9.17, 15) is 24.8 Å². The summed E-state index contributed by atoms with van der Waals surface area (Å²) in [6.07, 6.45) is 10.5. The van der Waals surface area contributed by atoms with Gasteiger partial charge >= 0.3 is 74.6 Å². The summed E-state index contributed by atoms with van der Waals surface area (Å²) in [7, 11) is -4.00. The number of aliphatic hydroxyl groups excluding tert-OH is 1. The van der Waals surface area contributed by atoms with Crippen LogP contribution in [0, 0.1) is 107 Å². The number of fused-ring (bicyclic) bond motifs is 6. The summed E-state index contributed by atoms with van der Waals surface area (Å²) in [4.78, 5) is 40.9. The first-order chi connectivity index (χ1) is 32.5. The number of benzene rings is 1. The predicted octanol–water partition coefficient (Wildman–Crippen LogP) is 13.7. The average Bonchev–Trinajstić information content (AvgIpc) is 3.90. The molecular weight excluding hydrogens is 996 g/mol. The molecule has 1 aromatic carbocycles. The number of carbonyl (C=O) groups excluding carboxylic acids is 2. The molecule has 12 heteroatoms. The van der Waals surface area contributed by atoms with Gasteiger partial charge in [0.25, 0.3) is 0 Å². The van der Waals surface area contributed by atoms with Crippen LogP contribution in [0.3, 0.4) is 0 Å². The molecule has 1 N–H and O–H groups in total. The molecule has 0 amide bonds. The van der Waals surface area contributed by atoms with Gasteiger partial charge in [-0.3, -0.25) is 9.59 Å². The van der Waals surface area contributed by atoms with Gasteiger partial charge in [-0.2, -0.15) is 0 Å². The molecule has 8 aliphatic carbocycles. The van der Waals surface area contributed by atoms with Crippen LogP contribution >= 0.6 is 0 Å². The molecule has 4 bridgehead atoms. The minimum absolute atomic E-state index is 0. The normalized spacial score (nSPS) is 38.9. The molecule has 72 heavy (non-hydrogen) atoms. The maximum absolute atomic E-state index is 14.5. The van der Waals surface area contributed by atoms with Gasteiger partial charge in [-0.15, -0.1) is 0 Å². The summed E-state index contributed by atoms with van der Waals surface area (Å²) in [5.74, 6) is 4.32. The molecule has 0 aromatic heterocycles. The van der Waals surface area contributed by atoms with Crippen molar-refractivity contribution in [2.75, 3.05) is 0 Å². The quantitative estimate of drug-likeness (QED) is 0.129. The monoisotopic (exact) mass is 1090 g/mol. The Bertz CT molecular complexity index is 2440. The van der Waals surface area contributed by atoms with Crippen LogP contribution in [-0.4, -0.2) is 71.5 Å². The van der Waals surface area contributed by atoms with Crippen molar-refractivity contribution >= 4 is 53.3 Å². The number of carbonyl (C=O) groups is 2. The number of rotatable bonds is 6. The number of ketones is 2. The summed E-state index contributed by atoms with van der Waals surface area (Å²) in [5, 5.41) is 30.2. The summed E-state index contributed by atoms with van der Waals surface area (Å²) in [6.45, 7) is 46.1. The van der Waals surface area contributed by atoms with E-state index in [0.717, 1.165) is 24.8 Å². The van der Waals surface area contributed by atoms with E-state index in [0.29, 0.717) is 51.5 Å². The molecule has 6 saturated carbocycles. The molecule has 0 heterocycles. The summed E-state index contributed by atoms with van der Waals surface area (Å²) < 4.78 is 14.8. The Balaban J connectivity index is 0.000000190. The summed E-state index contributed by atoms with van der Waals surface area (Å²) in [6, 6.07) is 6.31. The van der Waals surface area contributed by atoms with Crippen LogP contribution in [0.25, 0.3) is 0 Å². The second kappa shape index (κ2) is 19.5. The number of Topliss-reactive ketones (excluding diaryl/α,β-unsaturated/α-hetero) is 2. The van der Waals surface area contributed by atoms with Crippen LogP contribution in [0.1, 0.15) is 144 Å². The first-order valence-electron chi connectivity index (χ1n) is 27.0. The van der Waals surface area contributed by atoms with Crippen LogP contribution < -0.4 is 4.46 Å². The van der Waals surface area contributed by atoms with Gasteiger partial charge in [-0.1, -0.05) is 134 Å². The van der Waals surface area contributed by atoms with E-state index in [4.69, 9.17) is 14.1 Å². The summed E-state index contributed by atoms with van der Waals surface area (Å²) >= 11 is -0.455. The number of para-hydroxylation sites is 1. The molecule has 6 fully saturated rings. The third-order valence-corrected chi connectivity index (χ3v) is 31.6. The van der Waals surface area contributed by atoms with Crippen molar-refractivity contribution in [3.63, 3.8) is 0 Å². The Morgan fingerprint density at radius 1 is 0.764 bits per heavy atom. The van der Waals surface area contributed by atoms with Gasteiger partial charge in [-0.25, -0.2) is 0 Å². The zero-order valence-corrected chi connectivity index (χ0v) is 50.9. The second-order valence-electron chi connectivity index (χ2n) is 28.3. The van der Waals surface area contributed by atoms with Crippen molar-refractivity contribution in [3.8, 4) is 4.97 Å². The molecule has 1 aromatic rings. The van der Waals surface area contributed by atoms with Crippen molar-refractivity contribution < 1.29 is 28.5 Å². The number of allylic oxidation sites excluding steroid dienone is 5. The Kier molecular flexibility index (Phi) is 15.9. The molecule has 0 unspecified atom stereocenters. The van der Waals surface area contributed by atoms with Crippen molar-refractivity contribution in [1.82, 2.24) is 0 Å². The van der Waals surface area contributed by atoms with Crippen LogP contribution in [0.15, 0.2) is 59.2 Å². The Morgan fingerprint density at radius 3 is 1.75 bits per heavy atom. The van der Waals surface area contributed by atoms with Gasteiger partial charge in [0.15, 0.2) is 22.4 Å². The summed E-state index contributed by atoms with van der Waals surface area (Å²) in [5.41, 5.74) is 3.31. The molecule has 0 radical (unpaired) electrons. The van der Waals surface area contributed by atoms with Gasteiger partial charge in [0.05, 0.1) is 29.1 Å². The van der Waals surface area contributed by atoms with Gasteiger partial charge in [0.1, 0.15) is 5.78 Å². The molecule has 8 aliphatic rings. The van der Waals surface area contributed by atoms with Crippen molar-refractivity contribution in [2.24, 2.45) is 86.8 Å². The number of hydrogen-bond donors (Lipinski definition) is 1. The third kappa shape index (κ3) is 9.48. The van der Waals surface area contributed by atoms with Crippen molar-refractivity contribution in [2.45, 2.75) is 198 Å². The minimum atomic E-state index is -2.03. The van der Waals surface area contributed by atoms with Gasteiger partial charge in [0, 0.05) is 17.8 Å². The number of aliphatic hydroxyl groups is 1. The van der Waals surface area contributed by atoms with E-state index in [1.54, 1.807) is 18.2 Å². The average molecular weight is 1090 g/mol. The SMILES string of the molecule is C.CC1=C[C@]23C(=O)[C@@H]([C@H](O[Si](C)(C)C(C)(C)C)[C@H](C)CC2=C1)[C@H]1[C@@H](C[C@H]3C)C1(C)C.CC1=C[C@]23C(=O)[C@@H]([C@H](O[Si](C)(C)C(C)(C)C)[C@H](C)C[C@@H]2[C@@H]1O)[C@H]1[C@@H](C[C@H]3C)C1(C)C.N#C[Se]c1ccccc1[N+](=O)[O-]. The fourth-order valence-corrected chi connectivity index (χ4v) is 18.9. The van der Waals surface area contributed by atoms with E-state index in [2.05, 4.69) is 148 Å². The van der Waals surface area contributed by atoms with Crippen LogP contribution in [0.4, 0.5) is 5.69 Å². The molecule has 0 aliphatic heterocycles. The molecule has 9 nitrogen and oxygen atoms in total. The Labute approximate surface area is 444 Å². The number of nitrogens with zero attached hydrogens (tertiary/aromatic N) is 2. The van der Waals surface area contributed by atoms with Crippen LogP contribution in [-0.2, 0) is 18.4 Å². The predicted molar refractivity (Wildman–Crippen MR) is 299 cm³/mol. The molecular formula is C60H94N2O7SeSi2. The molecule has 2 spiro atoms. The fourth-order valence-electron chi connectivity index (χ4n) is 15.0. The van der Waals surface area contributed by atoms with Gasteiger partial charge < -0.3 is 14.0 Å². The topological polar surface area (TPSA) is 140 Å². The first-order valence-corrected chi connectivity index (χ1v) is 34.5. The zero-order chi connectivity index (χ0) is 53.3. The maximum atomic E-state index is 14.5. The van der Waals surface area contributed by atoms with Crippen LogP contribution in [0.2, 0.25) is 36.3 Å². The second-order valence-corrected chi connectivity index (χ2v) is 39.5. The van der Waals surface area contributed by atoms with Gasteiger partial charge in [-0.05, 0) is 140 Å². The molecule has 0 saturated heterocycles. The molecule has 9 rings (SSSR count). The van der Waals surface area contributed by atoms with E-state index in [1.165, 1.54) is 23.6 Å². The number of nitriles is 1. The van der Waals surface area contributed by atoms with Gasteiger partial charge in [0.2, 0.25) is 0 Å². The van der Waals surface area contributed by atoms with Crippen LogP contribution in [0.5, 0.6) is 0 Å². The van der Waals surface area contributed by atoms with E-state index >= 15 is 0 Å². The zero-order valence-electron chi connectivity index (χ0n) is 47.2. The van der Waals surface area contributed by atoms with E-state index in [1.807, 2.05) is 11.9 Å². The number of hydrogen-bond acceptors (Lipinski definition) is 8. The Hall–Kier alpha value is -2.50. The van der Waals surface area contributed by atoms with Crippen molar-refractivity contribution in [1.29, 1.82) is 5.26 Å². The number of nitro groups is 1. The number of nitro benzene ring substituents is 1.